The van der Waals surface area contributed by atoms with E-state index >= 15 is 0 Å². The number of ether oxygens (including phenoxy) is 1. The Kier molecular flexibility index (Phi) is 9.44. The van der Waals surface area contributed by atoms with Crippen LogP contribution in [0.15, 0.2) is 28.6 Å². The summed E-state index contributed by atoms with van der Waals surface area (Å²) < 4.78 is 29.4. The zero-order valence-corrected chi connectivity index (χ0v) is 23.6. The predicted molar refractivity (Wildman–Crippen MR) is 143 cm³/mol. The van der Waals surface area contributed by atoms with Gasteiger partial charge in [0.2, 0.25) is 29.3 Å². The number of urea groups is 1. The van der Waals surface area contributed by atoms with Crippen molar-refractivity contribution in [1.82, 2.24) is 15.1 Å². The van der Waals surface area contributed by atoms with E-state index in [0.717, 1.165) is 30.6 Å². The second-order valence-electron chi connectivity index (χ2n) is 7.82. The third-order valence-corrected chi connectivity index (χ3v) is 9.11. The Hall–Kier alpha value is -1.44. The Labute approximate surface area is 228 Å². The van der Waals surface area contributed by atoms with Gasteiger partial charge in [0.15, 0.2) is 0 Å². The molecular weight excluding hydrogens is 577 g/mol. The molecule has 1 fully saturated rings. The average Bonchev–Trinajstić information content (AvgIpc) is 3.36. The van der Waals surface area contributed by atoms with Crippen molar-refractivity contribution in [3.8, 4) is 0 Å². The van der Waals surface area contributed by atoms with Gasteiger partial charge in [-0.1, -0.05) is 84.5 Å². The molecule has 1 aromatic heterocycles. The molecule has 1 aliphatic rings. The number of nitrogens with one attached hydrogen (secondary N) is 1. The summed E-state index contributed by atoms with van der Waals surface area (Å²) >= 11 is 23.7. The molecule has 1 unspecified atom stereocenters. The van der Waals surface area contributed by atoms with Gasteiger partial charge in [-0.15, -0.1) is 10.2 Å². The number of nitrogens with zero attached hydrogens (tertiary/aromatic N) is 4. The van der Waals surface area contributed by atoms with E-state index in [0.29, 0.717) is 17.7 Å². The summed E-state index contributed by atoms with van der Waals surface area (Å²) in [5.74, 6) is -0.0134. The van der Waals surface area contributed by atoms with Crippen molar-refractivity contribution < 1.29 is 17.9 Å². The molecule has 1 atom stereocenters. The van der Waals surface area contributed by atoms with E-state index in [2.05, 4.69) is 22.4 Å². The second-order valence-corrected chi connectivity index (χ2v) is 13.7. The Morgan fingerprint density at radius 3 is 2.54 bits per heavy atom. The van der Waals surface area contributed by atoms with Gasteiger partial charge in [-0.25, -0.2) is 18.1 Å². The Bertz CT molecular complexity index is 1160. The number of hydrogen-bond acceptors (Lipinski definition) is 8. The number of benzene rings is 1. The highest BCUT2D eigenvalue weighted by Gasteiger charge is 2.41. The maximum atomic E-state index is 12.8. The van der Waals surface area contributed by atoms with Crippen molar-refractivity contribution in [3.05, 3.63) is 29.8 Å². The van der Waals surface area contributed by atoms with Crippen LogP contribution in [0.3, 0.4) is 0 Å². The quantitative estimate of drug-likeness (QED) is 0.178. The molecule has 0 radical (unpaired) electrons. The Morgan fingerprint density at radius 2 is 1.91 bits per heavy atom. The number of carbonyl (C=O) groups is 1. The molecule has 0 aliphatic carbocycles. The van der Waals surface area contributed by atoms with Crippen LogP contribution in [0.25, 0.3) is 0 Å². The first-order valence-electron chi connectivity index (χ1n) is 10.7. The second kappa shape index (κ2) is 11.7. The summed E-state index contributed by atoms with van der Waals surface area (Å²) in [6.45, 7) is 2.24. The van der Waals surface area contributed by atoms with Crippen molar-refractivity contribution in [2.45, 2.75) is 47.0 Å². The lowest BCUT2D eigenvalue weighted by atomic mass is 10.2. The fourth-order valence-electron chi connectivity index (χ4n) is 3.24. The van der Waals surface area contributed by atoms with Gasteiger partial charge in [-0.05, 0) is 30.8 Å². The number of rotatable bonds is 9. The molecular formula is C20H24Cl3N5O4S3. The SMILES string of the molecule is CCCCCCS(=O)(=O)c1nnc(N2C(=O)N(C)CC2OC(=S)Nc2ccc(C(Cl)(Cl)Cl)cc2)s1. The van der Waals surface area contributed by atoms with E-state index in [1.54, 1.807) is 31.3 Å². The van der Waals surface area contributed by atoms with Gasteiger partial charge < -0.3 is 15.0 Å². The van der Waals surface area contributed by atoms with Gasteiger partial charge >= 0.3 is 6.03 Å². The first-order valence-corrected chi connectivity index (χ1v) is 14.7. The van der Waals surface area contributed by atoms with Crippen molar-refractivity contribution in [3.63, 3.8) is 0 Å². The molecule has 9 nitrogen and oxygen atoms in total. The van der Waals surface area contributed by atoms with Gasteiger partial charge in [0.1, 0.15) is 0 Å². The molecule has 1 aromatic carbocycles. The van der Waals surface area contributed by atoms with Gasteiger partial charge in [0, 0.05) is 18.3 Å². The normalized spacial score (nSPS) is 16.6. The van der Waals surface area contributed by atoms with Crippen molar-refractivity contribution in [2.24, 2.45) is 0 Å². The number of thiocarbonyl (C=S) groups is 1. The fraction of sp³-hybridized carbons (Fsp3) is 0.500. The molecule has 2 amide bonds. The molecule has 0 bridgehead atoms. The van der Waals surface area contributed by atoms with Crippen molar-refractivity contribution in [2.75, 3.05) is 29.6 Å². The molecule has 2 aromatic rings. The van der Waals surface area contributed by atoms with Crippen molar-refractivity contribution in [1.29, 1.82) is 0 Å². The maximum Gasteiger partial charge on any atom is 0.329 e. The summed E-state index contributed by atoms with van der Waals surface area (Å²) in [6.07, 6.45) is 2.51. The van der Waals surface area contributed by atoms with E-state index in [1.165, 1.54) is 9.80 Å². The highest BCUT2D eigenvalue weighted by molar-refractivity contribution is 7.93. The summed E-state index contributed by atoms with van der Waals surface area (Å²) in [5, 5.41) is 10.8. The molecule has 1 saturated heterocycles. The first kappa shape index (κ1) is 28.1. The summed E-state index contributed by atoms with van der Waals surface area (Å²) in [5.41, 5.74) is 1.08. The molecule has 2 heterocycles. The van der Waals surface area contributed by atoms with Crippen LogP contribution in [0.5, 0.6) is 0 Å². The lowest BCUT2D eigenvalue weighted by molar-refractivity contribution is 0.201. The fourth-order valence-corrected chi connectivity index (χ4v) is 6.37. The number of unbranched alkanes of at least 4 members (excludes halogenated alkanes) is 3. The van der Waals surface area contributed by atoms with Gasteiger partial charge in [0.05, 0.1) is 12.3 Å². The van der Waals surface area contributed by atoms with E-state index in [4.69, 9.17) is 51.8 Å². The van der Waals surface area contributed by atoms with Crippen LogP contribution >= 0.6 is 58.4 Å². The zero-order valence-electron chi connectivity index (χ0n) is 18.9. The number of anilines is 2. The topological polar surface area (TPSA) is 105 Å². The number of aromatic nitrogens is 2. The number of alkyl halides is 3. The number of likely N-dealkylation sites (N-methyl/N-ethyl adjacent to an activating group) is 1. The van der Waals surface area contributed by atoms with E-state index < -0.39 is 25.9 Å². The number of sulfone groups is 1. The first-order chi connectivity index (χ1) is 16.4. The molecule has 192 valence electrons. The summed E-state index contributed by atoms with van der Waals surface area (Å²) in [6, 6.07) is 6.18. The minimum absolute atomic E-state index is 0.00184. The highest BCUT2D eigenvalue weighted by atomic mass is 35.6. The average molecular weight is 601 g/mol. The monoisotopic (exact) mass is 599 g/mol. The highest BCUT2D eigenvalue weighted by Crippen LogP contribution is 2.38. The molecule has 3 rings (SSSR count). The van der Waals surface area contributed by atoms with Crippen LogP contribution in [-0.4, -0.2) is 60.3 Å². The number of carbonyl (C=O) groups excluding carboxylic acids is 1. The van der Waals surface area contributed by atoms with Crippen LogP contribution in [-0.2, 0) is 18.4 Å². The van der Waals surface area contributed by atoms with E-state index in [9.17, 15) is 13.2 Å². The molecule has 1 aliphatic heterocycles. The van der Waals surface area contributed by atoms with Gasteiger partial charge in [-0.2, -0.15) is 0 Å². The van der Waals surface area contributed by atoms with Crippen LogP contribution in [0.1, 0.15) is 38.2 Å². The lowest BCUT2D eigenvalue weighted by Gasteiger charge is -2.21. The molecule has 1 N–H and O–H groups in total. The summed E-state index contributed by atoms with van der Waals surface area (Å²) in [4.78, 5) is 15.4. The smallest absolute Gasteiger partial charge is 0.329 e. The molecule has 15 heteroatoms. The van der Waals surface area contributed by atoms with Crippen LogP contribution < -0.4 is 10.2 Å². The van der Waals surface area contributed by atoms with E-state index in [1.807, 2.05) is 0 Å². The molecule has 0 spiro atoms. The third kappa shape index (κ3) is 7.30. The van der Waals surface area contributed by atoms with Crippen LogP contribution in [0.4, 0.5) is 15.6 Å². The lowest BCUT2D eigenvalue weighted by Crippen LogP contribution is -2.38. The predicted octanol–water partition coefficient (Wildman–Crippen LogP) is 5.33. The maximum absolute atomic E-state index is 12.8. The third-order valence-electron chi connectivity index (χ3n) is 5.09. The molecule has 0 saturated carbocycles. The number of hydrogen-bond donors (Lipinski definition) is 1. The minimum Gasteiger partial charge on any atom is -0.444 e. The zero-order chi connectivity index (χ0) is 25.8. The van der Waals surface area contributed by atoms with Gasteiger partial charge in [0.25, 0.3) is 5.17 Å². The Balaban J connectivity index is 1.69. The van der Waals surface area contributed by atoms with Crippen LogP contribution in [0, 0.1) is 0 Å². The number of amides is 2. The van der Waals surface area contributed by atoms with Crippen molar-refractivity contribution >= 4 is 90.2 Å². The number of halogens is 3. The van der Waals surface area contributed by atoms with E-state index in [-0.39, 0.29) is 26.9 Å². The Morgan fingerprint density at radius 1 is 1.23 bits per heavy atom. The largest absolute Gasteiger partial charge is 0.444 e. The standard InChI is InChI=1S/C20H24Cl3N5O4S3/c1-3-4-5-6-11-35(30,31)18-26-25-16(34-18)28-15(12-27(2)19(28)29)32-17(33)24-14-9-7-13(8-10-14)20(21,22)23/h7-10,15H,3-6,11-12H2,1-2H3,(H,24,33). The van der Waals surface area contributed by atoms with Gasteiger partial charge in [-0.3, -0.25) is 0 Å². The molecule has 35 heavy (non-hydrogen) atoms. The summed E-state index contributed by atoms with van der Waals surface area (Å²) in [7, 11) is -2.00. The van der Waals surface area contributed by atoms with Crippen LogP contribution in [0.2, 0.25) is 0 Å². The minimum atomic E-state index is -3.59.